The maximum atomic E-state index is 12.7. The summed E-state index contributed by atoms with van der Waals surface area (Å²) in [5.41, 5.74) is 1.61. The van der Waals surface area contributed by atoms with Crippen LogP contribution in [0.25, 0.3) is 11.4 Å². The number of amides is 1. The Morgan fingerprint density at radius 2 is 1.97 bits per heavy atom. The summed E-state index contributed by atoms with van der Waals surface area (Å²) in [6, 6.07) is 14.1. The zero-order valence-electron chi connectivity index (χ0n) is 17.6. The van der Waals surface area contributed by atoms with Gasteiger partial charge in [0.2, 0.25) is 17.6 Å². The van der Waals surface area contributed by atoms with Crippen LogP contribution in [-0.4, -0.2) is 47.1 Å². The van der Waals surface area contributed by atoms with Crippen molar-refractivity contribution in [3.8, 4) is 11.4 Å². The highest BCUT2D eigenvalue weighted by Gasteiger charge is 2.27. The van der Waals surface area contributed by atoms with Gasteiger partial charge in [-0.05, 0) is 50.2 Å². The van der Waals surface area contributed by atoms with Gasteiger partial charge in [0.15, 0.2) is 0 Å². The molecule has 1 N–H and O–H groups in total. The van der Waals surface area contributed by atoms with Crippen molar-refractivity contribution in [1.82, 2.24) is 15.0 Å². The molecule has 8 nitrogen and oxygen atoms in total. The highest BCUT2D eigenvalue weighted by Crippen LogP contribution is 2.24. The van der Waals surface area contributed by atoms with Crippen LogP contribution in [-0.2, 0) is 16.1 Å². The topological polar surface area (TPSA) is 97.6 Å². The van der Waals surface area contributed by atoms with Crippen LogP contribution in [0.2, 0.25) is 5.02 Å². The number of methoxy groups -OCH3 is 1. The standard InChI is InChI=1S/C23H23ClN4O4/c1-31-23(30)18-7-2-3-8-19(18)25-22(29)15-9-11-28(12-10-15)14-20-26-21(27-32-20)16-5-4-6-17(24)13-16/h2-8,13,15H,9-12,14H2,1H3,(H,25,29). The number of nitrogens with zero attached hydrogens (tertiary/aromatic N) is 3. The molecule has 0 spiro atoms. The van der Waals surface area contributed by atoms with Gasteiger partial charge in [0.1, 0.15) is 0 Å². The number of anilines is 1. The lowest BCUT2D eigenvalue weighted by Gasteiger charge is -2.30. The number of carbonyl (C=O) groups excluding carboxylic acids is 2. The first-order valence-corrected chi connectivity index (χ1v) is 10.7. The van der Waals surface area contributed by atoms with Gasteiger partial charge in [-0.25, -0.2) is 4.79 Å². The lowest BCUT2D eigenvalue weighted by molar-refractivity contribution is -0.121. The zero-order chi connectivity index (χ0) is 22.5. The fourth-order valence-corrected chi connectivity index (χ4v) is 3.91. The van der Waals surface area contributed by atoms with Crippen LogP contribution in [0.3, 0.4) is 0 Å². The predicted octanol–water partition coefficient (Wildman–Crippen LogP) is 4.03. The molecule has 2 heterocycles. The van der Waals surface area contributed by atoms with E-state index in [2.05, 4.69) is 20.4 Å². The summed E-state index contributed by atoms with van der Waals surface area (Å²) in [4.78, 5) is 31.3. The van der Waals surface area contributed by atoms with Crippen LogP contribution < -0.4 is 5.32 Å². The van der Waals surface area contributed by atoms with Crippen LogP contribution in [0.5, 0.6) is 0 Å². The molecule has 9 heteroatoms. The number of hydrogen-bond acceptors (Lipinski definition) is 7. The Balaban J connectivity index is 1.31. The van der Waals surface area contributed by atoms with E-state index in [1.807, 2.05) is 12.1 Å². The van der Waals surface area contributed by atoms with Gasteiger partial charge in [0, 0.05) is 16.5 Å². The zero-order valence-corrected chi connectivity index (χ0v) is 18.3. The molecule has 1 aliphatic rings. The molecule has 1 amide bonds. The summed E-state index contributed by atoms with van der Waals surface area (Å²) in [6.45, 7) is 1.98. The molecule has 2 aromatic carbocycles. The first kappa shape index (κ1) is 22.0. The number of halogens is 1. The van der Waals surface area contributed by atoms with E-state index < -0.39 is 5.97 Å². The highest BCUT2D eigenvalue weighted by molar-refractivity contribution is 6.30. The molecule has 32 heavy (non-hydrogen) atoms. The molecular weight excluding hydrogens is 432 g/mol. The Hall–Kier alpha value is -3.23. The van der Waals surface area contributed by atoms with Crippen LogP contribution in [0.15, 0.2) is 53.1 Å². The van der Waals surface area contributed by atoms with Crippen molar-refractivity contribution in [2.45, 2.75) is 19.4 Å². The third-order valence-electron chi connectivity index (χ3n) is 5.46. The van der Waals surface area contributed by atoms with E-state index in [9.17, 15) is 9.59 Å². The van der Waals surface area contributed by atoms with Crippen molar-refractivity contribution in [2.24, 2.45) is 5.92 Å². The fourth-order valence-electron chi connectivity index (χ4n) is 3.72. The van der Waals surface area contributed by atoms with Gasteiger partial charge in [0.05, 0.1) is 24.9 Å². The highest BCUT2D eigenvalue weighted by atomic mass is 35.5. The molecule has 3 aromatic rings. The molecule has 0 bridgehead atoms. The first-order chi connectivity index (χ1) is 15.5. The molecular formula is C23H23ClN4O4. The van der Waals surface area contributed by atoms with Crippen molar-refractivity contribution in [2.75, 3.05) is 25.5 Å². The minimum absolute atomic E-state index is 0.0953. The fraction of sp³-hybridized carbons (Fsp3) is 0.304. The molecule has 1 aromatic heterocycles. The smallest absolute Gasteiger partial charge is 0.339 e. The van der Waals surface area contributed by atoms with Crippen molar-refractivity contribution >= 4 is 29.2 Å². The average Bonchev–Trinajstić information content (AvgIpc) is 3.28. The predicted molar refractivity (Wildman–Crippen MR) is 119 cm³/mol. The second-order valence-electron chi connectivity index (χ2n) is 7.60. The number of esters is 1. The van der Waals surface area contributed by atoms with Crippen LogP contribution in [0, 0.1) is 5.92 Å². The summed E-state index contributed by atoms with van der Waals surface area (Å²) in [5.74, 6) is 0.312. The second kappa shape index (κ2) is 9.93. The van der Waals surface area contributed by atoms with Gasteiger partial charge in [-0.1, -0.05) is 41.0 Å². The quantitative estimate of drug-likeness (QED) is 0.561. The molecule has 0 saturated carbocycles. The van der Waals surface area contributed by atoms with Gasteiger partial charge < -0.3 is 14.6 Å². The molecule has 1 fully saturated rings. The molecule has 1 aliphatic heterocycles. The first-order valence-electron chi connectivity index (χ1n) is 10.3. The third kappa shape index (κ3) is 5.15. The van der Waals surface area contributed by atoms with E-state index in [0.717, 1.165) is 18.7 Å². The second-order valence-corrected chi connectivity index (χ2v) is 8.04. The van der Waals surface area contributed by atoms with Gasteiger partial charge in [0.25, 0.3) is 0 Å². The number of nitrogens with one attached hydrogen (secondary N) is 1. The number of hydrogen-bond donors (Lipinski definition) is 1. The van der Waals surface area contributed by atoms with E-state index >= 15 is 0 Å². The minimum atomic E-state index is -0.479. The lowest BCUT2D eigenvalue weighted by atomic mass is 9.95. The van der Waals surface area contributed by atoms with Crippen LogP contribution >= 0.6 is 11.6 Å². The van der Waals surface area contributed by atoms with Crippen molar-refractivity contribution < 1.29 is 18.8 Å². The van der Waals surface area contributed by atoms with Crippen LogP contribution in [0.4, 0.5) is 5.69 Å². The number of para-hydroxylation sites is 1. The number of ether oxygens (including phenoxy) is 1. The van der Waals surface area contributed by atoms with Gasteiger partial charge in [-0.2, -0.15) is 4.98 Å². The maximum absolute atomic E-state index is 12.7. The Morgan fingerprint density at radius 1 is 1.19 bits per heavy atom. The number of aromatic nitrogens is 2. The van der Waals surface area contributed by atoms with Crippen LogP contribution in [0.1, 0.15) is 29.1 Å². The minimum Gasteiger partial charge on any atom is -0.465 e. The normalized spacial score (nSPS) is 14.8. The van der Waals surface area contributed by atoms with Gasteiger partial charge >= 0.3 is 5.97 Å². The van der Waals surface area contributed by atoms with E-state index in [1.165, 1.54) is 7.11 Å². The largest absolute Gasteiger partial charge is 0.465 e. The van der Waals surface area contributed by atoms with E-state index in [-0.39, 0.29) is 11.8 Å². The lowest BCUT2D eigenvalue weighted by Crippen LogP contribution is -2.38. The van der Waals surface area contributed by atoms with Crippen molar-refractivity contribution in [1.29, 1.82) is 0 Å². The van der Waals surface area contributed by atoms with Crippen molar-refractivity contribution in [3.05, 3.63) is 65.0 Å². The van der Waals surface area contributed by atoms with E-state index in [1.54, 1.807) is 36.4 Å². The number of carbonyl (C=O) groups is 2. The Bertz CT molecular complexity index is 1110. The Morgan fingerprint density at radius 3 is 2.72 bits per heavy atom. The number of rotatable bonds is 6. The Labute approximate surface area is 190 Å². The number of piperidine rings is 1. The summed E-state index contributed by atoms with van der Waals surface area (Å²) < 4.78 is 10.2. The summed E-state index contributed by atoms with van der Waals surface area (Å²) in [6.07, 6.45) is 1.39. The molecule has 0 radical (unpaired) electrons. The molecule has 166 valence electrons. The number of likely N-dealkylation sites (tertiary alicyclic amines) is 1. The number of benzene rings is 2. The van der Waals surface area contributed by atoms with Gasteiger partial charge in [-0.3, -0.25) is 9.69 Å². The van der Waals surface area contributed by atoms with E-state index in [4.69, 9.17) is 20.9 Å². The maximum Gasteiger partial charge on any atom is 0.339 e. The third-order valence-corrected chi connectivity index (χ3v) is 5.69. The molecule has 0 unspecified atom stereocenters. The summed E-state index contributed by atoms with van der Waals surface area (Å²) >= 11 is 6.03. The average molecular weight is 455 g/mol. The van der Waals surface area contributed by atoms with Gasteiger partial charge in [-0.15, -0.1) is 0 Å². The Kier molecular flexibility index (Phi) is 6.82. The molecule has 1 saturated heterocycles. The monoisotopic (exact) mass is 454 g/mol. The SMILES string of the molecule is COC(=O)c1ccccc1NC(=O)C1CCN(Cc2nc(-c3cccc(Cl)c3)no2)CC1. The molecule has 0 atom stereocenters. The summed E-state index contributed by atoms with van der Waals surface area (Å²) in [7, 11) is 1.32. The molecule has 4 rings (SSSR count). The summed E-state index contributed by atoms with van der Waals surface area (Å²) in [5, 5.41) is 7.53. The van der Waals surface area contributed by atoms with E-state index in [0.29, 0.717) is 47.4 Å². The van der Waals surface area contributed by atoms with Crippen molar-refractivity contribution in [3.63, 3.8) is 0 Å². The molecule has 0 aliphatic carbocycles.